The Labute approximate surface area is 211 Å². The molecule has 5 rings (SSSR count). The highest BCUT2D eigenvalue weighted by Gasteiger charge is 2.70. The van der Waals surface area contributed by atoms with Crippen LogP contribution in [0.1, 0.15) is 99.3 Å². The van der Waals surface area contributed by atoms with Gasteiger partial charge in [0.15, 0.2) is 0 Å². The van der Waals surface area contributed by atoms with Crippen LogP contribution in [-0.4, -0.2) is 45.2 Å². The van der Waals surface area contributed by atoms with Crippen molar-refractivity contribution < 1.29 is 25.2 Å². The molecule has 35 heavy (non-hydrogen) atoms. The molecule has 4 N–H and O–H groups in total. The van der Waals surface area contributed by atoms with Crippen molar-refractivity contribution >= 4 is 5.97 Å². The number of hydrogen-bond acceptors (Lipinski definition) is 4. The average Bonchev–Trinajstić information content (AvgIpc) is 2.77. The topological polar surface area (TPSA) is 98.0 Å². The lowest BCUT2D eigenvalue weighted by atomic mass is 9.33. The summed E-state index contributed by atoms with van der Waals surface area (Å²) in [6.07, 6.45) is 8.40. The number of aliphatic hydroxyl groups is 3. The minimum absolute atomic E-state index is 0.00698. The fraction of sp³-hybridized carbons (Fsp3) is 0.900. The van der Waals surface area contributed by atoms with Gasteiger partial charge in [-0.1, -0.05) is 53.2 Å². The maximum Gasteiger partial charge on any atom is 0.310 e. The van der Waals surface area contributed by atoms with E-state index in [-0.39, 0.29) is 40.1 Å². The molecule has 4 fully saturated rings. The smallest absolute Gasteiger partial charge is 0.310 e. The molecule has 0 bridgehead atoms. The summed E-state index contributed by atoms with van der Waals surface area (Å²) in [6, 6.07) is 0. The predicted molar refractivity (Wildman–Crippen MR) is 135 cm³/mol. The van der Waals surface area contributed by atoms with Crippen molar-refractivity contribution in [3.8, 4) is 0 Å². The third kappa shape index (κ3) is 3.07. The Balaban J connectivity index is 1.61. The Hall–Kier alpha value is -0.910. The van der Waals surface area contributed by atoms with Crippen LogP contribution in [0, 0.1) is 50.2 Å². The zero-order chi connectivity index (χ0) is 25.8. The Morgan fingerprint density at radius 2 is 1.60 bits per heavy atom. The van der Waals surface area contributed by atoms with Gasteiger partial charge < -0.3 is 20.4 Å². The fourth-order valence-corrected chi connectivity index (χ4v) is 10.8. The summed E-state index contributed by atoms with van der Waals surface area (Å²) in [4.78, 5) is 12.8. The number of aliphatic hydroxyl groups excluding tert-OH is 3. The van der Waals surface area contributed by atoms with E-state index in [1.165, 1.54) is 5.57 Å². The lowest BCUT2D eigenvalue weighted by molar-refractivity contribution is -0.243. The van der Waals surface area contributed by atoms with Crippen LogP contribution in [0.15, 0.2) is 11.6 Å². The van der Waals surface area contributed by atoms with E-state index in [9.17, 15) is 25.2 Å². The summed E-state index contributed by atoms with van der Waals surface area (Å²) < 4.78 is 0. The van der Waals surface area contributed by atoms with Crippen LogP contribution >= 0.6 is 0 Å². The molecule has 5 heteroatoms. The van der Waals surface area contributed by atoms with Crippen molar-refractivity contribution in [2.45, 2.75) is 112 Å². The monoisotopic (exact) mass is 488 g/mol. The maximum atomic E-state index is 12.8. The lowest BCUT2D eigenvalue weighted by Crippen LogP contribution is -2.68. The van der Waals surface area contributed by atoms with E-state index in [0.29, 0.717) is 12.3 Å². The normalized spacial score (nSPS) is 55.0. The number of carboxylic acid groups (broad SMARTS) is 1. The van der Waals surface area contributed by atoms with Gasteiger partial charge in [-0.3, -0.25) is 4.79 Å². The van der Waals surface area contributed by atoms with E-state index >= 15 is 0 Å². The first-order chi connectivity index (χ1) is 16.1. The largest absolute Gasteiger partial charge is 0.481 e. The number of aliphatic carboxylic acids is 1. The molecular formula is C30H48O5. The van der Waals surface area contributed by atoms with Gasteiger partial charge in [0.25, 0.3) is 0 Å². The molecule has 0 spiro atoms. The molecule has 5 aliphatic carbocycles. The van der Waals surface area contributed by atoms with Gasteiger partial charge in [-0.2, -0.15) is 0 Å². The Kier molecular flexibility index (Phi) is 5.56. The quantitative estimate of drug-likeness (QED) is 0.402. The van der Waals surface area contributed by atoms with E-state index in [1.807, 2.05) is 6.92 Å². The molecule has 0 aromatic carbocycles. The Bertz CT molecular complexity index is 941. The van der Waals surface area contributed by atoms with Gasteiger partial charge in [0.05, 0.1) is 24.2 Å². The van der Waals surface area contributed by atoms with Gasteiger partial charge in [-0.15, -0.1) is 0 Å². The van der Waals surface area contributed by atoms with Crippen molar-refractivity contribution in [1.29, 1.82) is 0 Å². The molecule has 198 valence electrons. The van der Waals surface area contributed by atoms with Crippen LogP contribution in [0.4, 0.5) is 0 Å². The van der Waals surface area contributed by atoms with Gasteiger partial charge >= 0.3 is 5.97 Å². The number of carboxylic acids is 1. The molecular weight excluding hydrogens is 440 g/mol. The van der Waals surface area contributed by atoms with Crippen LogP contribution in [0.2, 0.25) is 0 Å². The second kappa shape index (κ2) is 7.57. The summed E-state index contributed by atoms with van der Waals surface area (Å²) in [6.45, 7) is 13.6. The molecule has 0 amide bonds. The first-order valence-electron chi connectivity index (χ1n) is 14.0. The van der Waals surface area contributed by atoms with Crippen LogP contribution in [-0.2, 0) is 4.79 Å². The van der Waals surface area contributed by atoms with Crippen LogP contribution in [0.3, 0.4) is 0 Å². The average molecular weight is 489 g/mol. The second-order valence-electron chi connectivity index (χ2n) is 15.1. The van der Waals surface area contributed by atoms with Gasteiger partial charge in [0, 0.05) is 5.41 Å². The molecule has 0 saturated heterocycles. The van der Waals surface area contributed by atoms with E-state index in [4.69, 9.17) is 0 Å². The van der Waals surface area contributed by atoms with Crippen molar-refractivity contribution in [2.24, 2.45) is 50.2 Å². The molecule has 5 aliphatic rings. The zero-order valence-electron chi connectivity index (χ0n) is 22.7. The SMILES string of the molecule is CC1(C)CC[C@]2(C(=O)O)CC[C@]3(C)C(=CC[C@@H]4[C@@]5(C)CC(O)C(O)C(C)(CO)C5CC[C@]43C)[C@H]2C1. The van der Waals surface area contributed by atoms with Crippen molar-refractivity contribution in [3.63, 3.8) is 0 Å². The first kappa shape index (κ1) is 25.7. The molecule has 0 heterocycles. The van der Waals surface area contributed by atoms with Crippen LogP contribution in [0.25, 0.3) is 0 Å². The van der Waals surface area contributed by atoms with Gasteiger partial charge in [-0.25, -0.2) is 0 Å². The summed E-state index contributed by atoms with van der Waals surface area (Å²) in [5.41, 5.74) is -0.0632. The highest BCUT2D eigenvalue weighted by atomic mass is 16.4. The van der Waals surface area contributed by atoms with Crippen molar-refractivity contribution in [1.82, 2.24) is 0 Å². The molecule has 10 atom stereocenters. The third-order valence-electron chi connectivity index (χ3n) is 13.2. The minimum Gasteiger partial charge on any atom is -0.481 e. The first-order valence-corrected chi connectivity index (χ1v) is 14.0. The number of hydrogen-bond donors (Lipinski definition) is 4. The summed E-state index contributed by atoms with van der Waals surface area (Å²) in [5.74, 6) is -0.0472. The molecule has 0 aromatic heterocycles. The number of rotatable bonds is 2. The number of allylic oxidation sites excluding steroid dienone is 2. The highest BCUT2D eigenvalue weighted by Crippen LogP contribution is 2.75. The lowest BCUT2D eigenvalue weighted by Gasteiger charge is -2.71. The number of carbonyl (C=O) groups is 1. The van der Waals surface area contributed by atoms with Crippen molar-refractivity contribution in [2.75, 3.05) is 6.61 Å². The zero-order valence-corrected chi connectivity index (χ0v) is 22.7. The standard InChI is InChI=1S/C30H48O5/c1-25(2)11-13-30(24(34)35)14-12-28(5)18(19(30)15-25)7-8-22-26(3)16-20(32)23(33)27(4,17-31)21(26)9-10-29(22,28)6/h7,19-23,31-33H,8-17H2,1-6H3,(H,34,35)/t19-,20?,21?,22-,23?,26+,27?,28-,29-,30+/m1/s1. The summed E-state index contributed by atoms with van der Waals surface area (Å²) >= 11 is 0. The van der Waals surface area contributed by atoms with E-state index < -0.39 is 29.0 Å². The van der Waals surface area contributed by atoms with E-state index in [1.54, 1.807) is 0 Å². The maximum absolute atomic E-state index is 12.8. The van der Waals surface area contributed by atoms with E-state index in [2.05, 4.69) is 40.7 Å². The Morgan fingerprint density at radius 3 is 2.23 bits per heavy atom. The molecule has 4 unspecified atom stereocenters. The van der Waals surface area contributed by atoms with Gasteiger partial charge in [0.2, 0.25) is 0 Å². The minimum atomic E-state index is -0.907. The number of fused-ring (bicyclic) bond motifs is 7. The molecule has 0 aromatic rings. The van der Waals surface area contributed by atoms with Crippen molar-refractivity contribution in [3.05, 3.63) is 11.6 Å². The molecule has 5 nitrogen and oxygen atoms in total. The van der Waals surface area contributed by atoms with E-state index in [0.717, 1.165) is 51.4 Å². The summed E-state index contributed by atoms with van der Waals surface area (Å²) in [5, 5.41) is 42.8. The predicted octanol–water partition coefficient (Wildman–Crippen LogP) is 5.18. The van der Waals surface area contributed by atoms with Crippen LogP contribution in [0.5, 0.6) is 0 Å². The summed E-state index contributed by atoms with van der Waals surface area (Å²) in [7, 11) is 0. The molecule has 0 aliphatic heterocycles. The third-order valence-corrected chi connectivity index (χ3v) is 13.2. The van der Waals surface area contributed by atoms with Gasteiger partial charge in [-0.05, 0) is 97.2 Å². The molecule has 0 radical (unpaired) electrons. The van der Waals surface area contributed by atoms with Gasteiger partial charge in [0.1, 0.15) is 0 Å². The molecule has 4 saturated carbocycles. The fourth-order valence-electron chi connectivity index (χ4n) is 10.8. The second-order valence-corrected chi connectivity index (χ2v) is 15.1. The highest BCUT2D eigenvalue weighted by molar-refractivity contribution is 5.76. The Morgan fingerprint density at radius 1 is 0.943 bits per heavy atom. The van der Waals surface area contributed by atoms with Crippen LogP contribution < -0.4 is 0 Å².